The Morgan fingerprint density at radius 1 is 1.17 bits per heavy atom. The molecule has 2 heterocycles. The fourth-order valence-corrected chi connectivity index (χ4v) is 3.40. The summed E-state index contributed by atoms with van der Waals surface area (Å²) in [6, 6.07) is 4.08. The van der Waals surface area contributed by atoms with Crippen molar-refractivity contribution in [3.8, 4) is 5.75 Å². The molecule has 0 bridgehead atoms. The molecule has 6 heteroatoms. The van der Waals surface area contributed by atoms with Crippen LogP contribution in [0.15, 0.2) is 12.1 Å². The number of hydrogen-bond donors (Lipinski definition) is 2. The van der Waals surface area contributed by atoms with Gasteiger partial charge in [0.05, 0.1) is 0 Å². The second-order valence-electron chi connectivity index (χ2n) is 6.66. The molecule has 6 nitrogen and oxygen atoms in total. The largest absolute Gasteiger partial charge is 0.492 e. The van der Waals surface area contributed by atoms with E-state index in [0.29, 0.717) is 19.7 Å². The summed E-state index contributed by atoms with van der Waals surface area (Å²) in [6.45, 7) is 5.88. The van der Waals surface area contributed by atoms with Crippen LogP contribution in [-0.4, -0.2) is 49.6 Å². The number of likely N-dealkylation sites (tertiary alicyclic amines) is 1. The molecule has 1 fully saturated rings. The number of benzene rings is 1. The zero-order valence-electron chi connectivity index (χ0n) is 14.5. The lowest BCUT2D eigenvalue weighted by Crippen LogP contribution is -2.49. The van der Waals surface area contributed by atoms with E-state index in [1.165, 1.54) is 11.1 Å². The van der Waals surface area contributed by atoms with Crippen LogP contribution in [0.4, 0.5) is 4.79 Å². The highest BCUT2D eigenvalue weighted by Gasteiger charge is 2.35. The number of urea groups is 1. The summed E-state index contributed by atoms with van der Waals surface area (Å²) in [5.41, 5.74) is 3.38. The minimum absolute atomic E-state index is 0.131. The maximum atomic E-state index is 12.9. The molecule has 2 N–H and O–H groups in total. The van der Waals surface area contributed by atoms with E-state index < -0.39 is 0 Å². The molecule has 1 saturated heterocycles. The zero-order chi connectivity index (χ0) is 17.3. The van der Waals surface area contributed by atoms with E-state index in [9.17, 15) is 9.59 Å². The molecular formula is C18H25N3O3. The van der Waals surface area contributed by atoms with Crippen LogP contribution in [0.2, 0.25) is 0 Å². The standard InChI is InChI=1S/C18H25N3O3/c1-11-8-14-15(10-24-16(14)9-12(11)2)17(22)21-6-4-13(5-7-21)20-18(23)19-3/h8-9,13,15H,4-7,10H2,1-3H3,(H2,19,20,23). The lowest BCUT2D eigenvalue weighted by Gasteiger charge is -2.33. The molecule has 1 atom stereocenters. The second kappa shape index (κ2) is 6.71. The molecule has 0 aliphatic carbocycles. The number of amides is 3. The summed E-state index contributed by atoms with van der Waals surface area (Å²) < 4.78 is 5.73. The van der Waals surface area contributed by atoms with E-state index in [2.05, 4.69) is 30.5 Å². The van der Waals surface area contributed by atoms with E-state index >= 15 is 0 Å². The van der Waals surface area contributed by atoms with Gasteiger partial charge in [-0.05, 0) is 43.9 Å². The van der Waals surface area contributed by atoms with E-state index in [-0.39, 0.29) is 23.9 Å². The molecule has 0 radical (unpaired) electrons. The second-order valence-corrected chi connectivity index (χ2v) is 6.66. The zero-order valence-corrected chi connectivity index (χ0v) is 14.5. The van der Waals surface area contributed by atoms with Crippen molar-refractivity contribution >= 4 is 11.9 Å². The number of nitrogens with zero attached hydrogens (tertiary/aromatic N) is 1. The van der Waals surface area contributed by atoms with Crippen molar-refractivity contribution in [1.29, 1.82) is 0 Å². The molecule has 0 spiro atoms. The fraction of sp³-hybridized carbons (Fsp3) is 0.556. The van der Waals surface area contributed by atoms with Gasteiger partial charge in [-0.2, -0.15) is 0 Å². The van der Waals surface area contributed by atoms with Gasteiger partial charge < -0.3 is 20.3 Å². The number of piperidine rings is 1. The van der Waals surface area contributed by atoms with Gasteiger partial charge in [0.25, 0.3) is 0 Å². The van der Waals surface area contributed by atoms with Crippen LogP contribution in [0.3, 0.4) is 0 Å². The summed E-state index contributed by atoms with van der Waals surface area (Å²) in [4.78, 5) is 26.2. The predicted molar refractivity (Wildman–Crippen MR) is 91.3 cm³/mol. The lowest BCUT2D eigenvalue weighted by molar-refractivity contribution is -0.134. The summed E-state index contributed by atoms with van der Waals surface area (Å²) in [5.74, 6) is 0.769. The minimum atomic E-state index is -0.206. The van der Waals surface area contributed by atoms with E-state index in [4.69, 9.17) is 4.74 Å². The quantitative estimate of drug-likeness (QED) is 0.866. The summed E-state index contributed by atoms with van der Waals surface area (Å²) in [5, 5.41) is 5.48. The number of nitrogens with one attached hydrogen (secondary N) is 2. The van der Waals surface area contributed by atoms with Crippen LogP contribution >= 0.6 is 0 Å². The third kappa shape index (κ3) is 3.18. The first-order valence-electron chi connectivity index (χ1n) is 8.50. The molecule has 0 saturated carbocycles. The first-order valence-corrected chi connectivity index (χ1v) is 8.50. The number of ether oxygens (including phenoxy) is 1. The number of carbonyl (C=O) groups excluding carboxylic acids is 2. The van der Waals surface area contributed by atoms with Crippen LogP contribution in [0.5, 0.6) is 5.75 Å². The predicted octanol–water partition coefficient (Wildman–Crippen LogP) is 1.70. The van der Waals surface area contributed by atoms with Gasteiger partial charge in [-0.3, -0.25) is 4.79 Å². The van der Waals surface area contributed by atoms with Gasteiger partial charge in [-0.15, -0.1) is 0 Å². The fourth-order valence-electron chi connectivity index (χ4n) is 3.40. The number of aryl methyl sites for hydroxylation is 2. The van der Waals surface area contributed by atoms with E-state index in [1.807, 2.05) is 11.0 Å². The lowest BCUT2D eigenvalue weighted by atomic mass is 9.94. The van der Waals surface area contributed by atoms with Crippen molar-refractivity contribution in [1.82, 2.24) is 15.5 Å². The highest BCUT2D eigenvalue weighted by molar-refractivity contribution is 5.86. The van der Waals surface area contributed by atoms with Gasteiger partial charge in [0.15, 0.2) is 0 Å². The monoisotopic (exact) mass is 331 g/mol. The molecule has 24 heavy (non-hydrogen) atoms. The number of carbonyl (C=O) groups is 2. The van der Waals surface area contributed by atoms with Gasteiger partial charge in [0.2, 0.25) is 5.91 Å². The van der Waals surface area contributed by atoms with Crippen LogP contribution in [0.25, 0.3) is 0 Å². The van der Waals surface area contributed by atoms with Crippen molar-refractivity contribution in [2.45, 2.75) is 38.6 Å². The molecule has 3 amide bonds. The van der Waals surface area contributed by atoms with E-state index in [1.54, 1.807) is 7.05 Å². The molecule has 1 aromatic rings. The summed E-state index contributed by atoms with van der Waals surface area (Å²) >= 11 is 0. The number of fused-ring (bicyclic) bond motifs is 1. The van der Waals surface area contributed by atoms with Crippen LogP contribution in [0, 0.1) is 13.8 Å². The van der Waals surface area contributed by atoms with Gasteiger partial charge in [-0.1, -0.05) is 6.07 Å². The summed E-state index contributed by atoms with van der Waals surface area (Å²) in [7, 11) is 1.61. The third-order valence-corrected chi connectivity index (χ3v) is 5.07. The Labute approximate surface area is 142 Å². The first-order chi connectivity index (χ1) is 11.5. The number of rotatable bonds is 2. The Balaban J connectivity index is 1.63. The SMILES string of the molecule is CNC(=O)NC1CCN(C(=O)C2COc3cc(C)c(C)cc32)CC1. The van der Waals surface area contributed by atoms with Gasteiger partial charge >= 0.3 is 6.03 Å². The minimum Gasteiger partial charge on any atom is -0.492 e. The Kier molecular flexibility index (Phi) is 4.64. The first kappa shape index (κ1) is 16.6. The van der Waals surface area contributed by atoms with Crippen molar-refractivity contribution in [2.24, 2.45) is 0 Å². The molecule has 3 rings (SSSR count). The Hall–Kier alpha value is -2.24. The van der Waals surface area contributed by atoms with Crippen molar-refractivity contribution in [2.75, 3.05) is 26.7 Å². The van der Waals surface area contributed by atoms with Gasteiger partial charge in [-0.25, -0.2) is 4.79 Å². The average molecular weight is 331 g/mol. The third-order valence-electron chi connectivity index (χ3n) is 5.07. The molecule has 2 aliphatic heterocycles. The highest BCUT2D eigenvalue weighted by atomic mass is 16.5. The summed E-state index contributed by atoms with van der Waals surface area (Å²) in [6.07, 6.45) is 1.57. The maximum absolute atomic E-state index is 12.9. The maximum Gasteiger partial charge on any atom is 0.314 e. The normalized spacial score (nSPS) is 20.3. The van der Waals surface area contributed by atoms with Crippen LogP contribution in [-0.2, 0) is 4.79 Å². The van der Waals surface area contributed by atoms with Crippen molar-refractivity contribution < 1.29 is 14.3 Å². The molecule has 2 aliphatic rings. The Bertz CT molecular complexity index is 651. The Morgan fingerprint density at radius 3 is 2.50 bits per heavy atom. The molecule has 130 valence electrons. The van der Waals surface area contributed by atoms with Crippen molar-refractivity contribution in [3.05, 3.63) is 28.8 Å². The molecule has 1 aromatic carbocycles. The smallest absolute Gasteiger partial charge is 0.314 e. The van der Waals surface area contributed by atoms with Crippen LogP contribution < -0.4 is 15.4 Å². The average Bonchev–Trinajstić information content (AvgIpc) is 2.98. The topological polar surface area (TPSA) is 70.7 Å². The molecule has 0 aromatic heterocycles. The Morgan fingerprint density at radius 2 is 1.83 bits per heavy atom. The van der Waals surface area contributed by atoms with Crippen molar-refractivity contribution in [3.63, 3.8) is 0 Å². The molecule has 1 unspecified atom stereocenters. The number of hydrogen-bond acceptors (Lipinski definition) is 3. The highest BCUT2D eigenvalue weighted by Crippen LogP contribution is 2.37. The molecular weight excluding hydrogens is 306 g/mol. The van der Waals surface area contributed by atoms with E-state index in [0.717, 1.165) is 24.2 Å². The van der Waals surface area contributed by atoms with Gasteiger partial charge in [0.1, 0.15) is 18.3 Å². The van der Waals surface area contributed by atoms with Crippen LogP contribution in [0.1, 0.15) is 35.4 Å². The van der Waals surface area contributed by atoms with Gasteiger partial charge in [0, 0.05) is 31.7 Å².